The van der Waals surface area contributed by atoms with Gasteiger partial charge >= 0.3 is 0 Å². The first kappa shape index (κ1) is 15.8. The minimum absolute atomic E-state index is 0.240. The van der Waals surface area contributed by atoms with Crippen LogP contribution in [0.15, 0.2) is 0 Å². The summed E-state index contributed by atoms with van der Waals surface area (Å²) in [6.45, 7) is 3.86. The first-order valence-corrected chi connectivity index (χ1v) is 8.44. The standard InChI is InChI=1S/C16H31N3O/c1-17-12-14-8-10-19(11-9-14)13-16(20)18-15-6-4-2-3-5-7-15/h14-15,17H,2-13H2,1H3,(H,18,20). The predicted molar refractivity (Wildman–Crippen MR) is 82.7 cm³/mol. The summed E-state index contributed by atoms with van der Waals surface area (Å²) in [5.41, 5.74) is 0. The summed E-state index contributed by atoms with van der Waals surface area (Å²) in [6, 6.07) is 0.437. The first-order chi connectivity index (χ1) is 9.78. The Kier molecular flexibility index (Phi) is 6.80. The minimum Gasteiger partial charge on any atom is -0.352 e. The lowest BCUT2D eigenvalue weighted by Gasteiger charge is -2.31. The lowest BCUT2D eigenvalue weighted by Crippen LogP contribution is -2.45. The molecular weight excluding hydrogens is 250 g/mol. The van der Waals surface area contributed by atoms with Gasteiger partial charge in [0.25, 0.3) is 0 Å². The molecule has 4 nitrogen and oxygen atoms in total. The normalized spacial score (nSPS) is 23.4. The molecule has 0 spiro atoms. The van der Waals surface area contributed by atoms with Crippen molar-refractivity contribution < 1.29 is 4.79 Å². The van der Waals surface area contributed by atoms with E-state index in [1.165, 1.54) is 51.4 Å². The van der Waals surface area contributed by atoms with Crippen LogP contribution in [0.1, 0.15) is 51.4 Å². The maximum Gasteiger partial charge on any atom is 0.234 e. The molecule has 1 saturated heterocycles. The Morgan fingerprint density at radius 3 is 2.30 bits per heavy atom. The summed E-state index contributed by atoms with van der Waals surface area (Å²) >= 11 is 0. The molecule has 4 heteroatoms. The zero-order chi connectivity index (χ0) is 14.2. The number of carbonyl (C=O) groups is 1. The molecular formula is C16H31N3O. The number of hydrogen-bond acceptors (Lipinski definition) is 3. The summed E-state index contributed by atoms with van der Waals surface area (Å²) in [5.74, 6) is 1.03. The highest BCUT2D eigenvalue weighted by Gasteiger charge is 2.21. The van der Waals surface area contributed by atoms with Gasteiger partial charge in [0.15, 0.2) is 0 Å². The van der Waals surface area contributed by atoms with Crippen molar-refractivity contribution in [2.24, 2.45) is 5.92 Å². The van der Waals surface area contributed by atoms with Crippen molar-refractivity contribution in [2.75, 3.05) is 33.2 Å². The summed E-state index contributed by atoms with van der Waals surface area (Å²) < 4.78 is 0. The molecule has 1 aliphatic heterocycles. The number of nitrogens with zero attached hydrogens (tertiary/aromatic N) is 1. The van der Waals surface area contributed by atoms with E-state index in [4.69, 9.17) is 0 Å². The van der Waals surface area contributed by atoms with Gasteiger partial charge in [-0.1, -0.05) is 25.7 Å². The van der Waals surface area contributed by atoms with Gasteiger partial charge in [-0.3, -0.25) is 9.69 Å². The Morgan fingerprint density at radius 2 is 1.70 bits per heavy atom. The number of hydrogen-bond donors (Lipinski definition) is 2. The van der Waals surface area contributed by atoms with Crippen molar-refractivity contribution in [1.29, 1.82) is 0 Å². The van der Waals surface area contributed by atoms with Gasteiger partial charge in [0.2, 0.25) is 5.91 Å². The van der Waals surface area contributed by atoms with E-state index >= 15 is 0 Å². The fourth-order valence-corrected chi connectivity index (χ4v) is 3.54. The van der Waals surface area contributed by atoms with Crippen LogP contribution in [0.3, 0.4) is 0 Å². The van der Waals surface area contributed by atoms with E-state index < -0.39 is 0 Å². The molecule has 2 N–H and O–H groups in total. The Labute approximate surface area is 123 Å². The monoisotopic (exact) mass is 281 g/mol. The van der Waals surface area contributed by atoms with Crippen molar-refractivity contribution in [1.82, 2.24) is 15.5 Å². The summed E-state index contributed by atoms with van der Waals surface area (Å²) in [4.78, 5) is 14.5. The average molecular weight is 281 g/mol. The summed E-state index contributed by atoms with van der Waals surface area (Å²) in [5, 5.41) is 6.50. The third kappa shape index (κ3) is 5.41. The fraction of sp³-hybridized carbons (Fsp3) is 0.938. The SMILES string of the molecule is CNCC1CCN(CC(=O)NC2CCCCCC2)CC1. The second-order valence-electron chi connectivity index (χ2n) is 6.53. The van der Waals surface area contributed by atoms with Crippen LogP contribution in [0.2, 0.25) is 0 Å². The summed E-state index contributed by atoms with van der Waals surface area (Å²) in [7, 11) is 2.02. The molecule has 0 aromatic rings. The molecule has 0 radical (unpaired) electrons. The van der Waals surface area contributed by atoms with Gasteiger partial charge < -0.3 is 10.6 Å². The van der Waals surface area contributed by atoms with Gasteiger partial charge in [-0.25, -0.2) is 0 Å². The third-order valence-electron chi connectivity index (χ3n) is 4.79. The Morgan fingerprint density at radius 1 is 1.05 bits per heavy atom. The van der Waals surface area contributed by atoms with Crippen molar-refractivity contribution >= 4 is 5.91 Å². The maximum atomic E-state index is 12.1. The van der Waals surface area contributed by atoms with Crippen LogP contribution < -0.4 is 10.6 Å². The number of amides is 1. The van der Waals surface area contributed by atoms with Crippen molar-refractivity contribution in [3.63, 3.8) is 0 Å². The van der Waals surface area contributed by atoms with Crippen LogP contribution in [-0.2, 0) is 4.79 Å². The Balaban J connectivity index is 1.64. The van der Waals surface area contributed by atoms with Gasteiger partial charge in [-0.15, -0.1) is 0 Å². The highest BCUT2D eigenvalue weighted by atomic mass is 16.2. The van der Waals surface area contributed by atoms with E-state index in [1.54, 1.807) is 0 Å². The van der Waals surface area contributed by atoms with E-state index in [2.05, 4.69) is 15.5 Å². The first-order valence-electron chi connectivity index (χ1n) is 8.44. The van der Waals surface area contributed by atoms with Gasteiger partial charge in [-0.05, 0) is 58.3 Å². The van der Waals surface area contributed by atoms with Crippen molar-refractivity contribution in [2.45, 2.75) is 57.4 Å². The second-order valence-corrected chi connectivity index (χ2v) is 6.53. The number of rotatable bonds is 5. The lowest BCUT2D eigenvalue weighted by molar-refractivity contribution is -0.123. The van der Waals surface area contributed by atoms with Gasteiger partial charge in [-0.2, -0.15) is 0 Å². The summed E-state index contributed by atoms with van der Waals surface area (Å²) in [6.07, 6.45) is 10.0. The molecule has 2 fully saturated rings. The molecule has 1 saturated carbocycles. The van der Waals surface area contributed by atoms with Crippen LogP contribution in [0.25, 0.3) is 0 Å². The van der Waals surface area contributed by atoms with Gasteiger partial charge in [0.05, 0.1) is 6.54 Å². The number of likely N-dealkylation sites (tertiary alicyclic amines) is 1. The highest BCUT2D eigenvalue weighted by molar-refractivity contribution is 5.78. The Bertz CT molecular complexity index is 279. The molecule has 1 aliphatic carbocycles. The zero-order valence-electron chi connectivity index (χ0n) is 13.0. The van der Waals surface area contributed by atoms with Crippen molar-refractivity contribution in [3.8, 4) is 0 Å². The van der Waals surface area contributed by atoms with Gasteiger partial charge in [0, 0.05) is 6.04 Å². The largest absolute Gasteiger partial charge is 0.352 e. The third-order valence-corrected chi connectivity index (χ3v) is 4.79. The molecule has 2 aliphatic rings. The number of nitrogens with one attached hydrogen (secondary N) is 2. The van der Waals surface area contributed by atoms with E-state index in [9.17, 15) is 4.79 Å². The molecule has 0 atom stereocenters. The molecule has 2 rings (SSSR count). The van der Waals surface area contributed by atoms with E-state index in [1.807, 2.05) is 7.05 Å². The molecule has 0 unspecified atom stereocenters. The van der Waals surface area contributed by atoms with E-state index in [-0.39, 0.29) is 5.91 Å². The predicted octanol–water partition coefficient (Wildman–Crippen LogP) is 1.76. The second kappa shape index (κ2) is 8.63. The molecule has 20 heavy (non-hydrogen) atoms. The molecule has 0 bridgehead atoms. The van der Waals surface area contributed by atoms with Crippen LogP contribution in [-0.4, -0.2) is 50.1 Å². The molecule has 0 aromatic heterocycles. The number of piperidine rings is 1. The Hall–Kier alpha value is -0.610. The fourth-order valence-electron chi connectivity index (χ4n) is 3.54. The quantitative estimate of drug-likeness (QED) is 0.755. The maximum absolute atomic E-state index is 12.1. The van der Waals surface area contributed by atoms with E-state index in [0.29, 0.717) is 12.6 Å². The zero-order valence-corrected chi connectivity index (χ0v) is 13.0. The average Bonchev–Trinajstić information content (AvgIpc) is 2.70. The topological polar surface area (TPSA) is 44.4 Å². The van der Waals surface area contributed by atoms with Crippen LogP contribution in [0.4, 0.5) is 0 Å². The van der Waals surface area contributed by atoms with Crippen LogP contribution in [0, 0.1) is 5.92 Å². The van der Waals surface area contributed by atoms with E-state index in [0.717, 1.165) is 25.6 Å². The minimum atomic E-state index is 0.240. The van der Waals surface area contributed by atoms with Crippen LogP contribution >= 0.6 is 0 Å². The van der Waals surface area contributed by atoms with Crippen molar-refractivity contribution in [3.05, 3.63) is 0 Å². The van der Waals surface area contributed by atoms with Gasteiger partial charge in [0.1, 0.15) is 0 Å². The lowest BCUT2D eigenvalue weighted by atomic mass is 9.97. The number of carbonyl (C=O) groups excluding carboxylic acids is 1. The highest BCUT2D eigenvalue weighted by Crippen LogP contribution is 2.18. The molecule has 116 valence electrons. The van der Waals surface area contributed by atoms with Crippen LogP contribution in [0.5, 0.6) is 0 Å². The molecule has 1 heterocycles. The molecule has 0 aromatic carbocycles. The molecule has 1 amide bonds. The smallest absolute Gasteiger partial charge is 0.234 e.